The number of sulfone groups is 1. The predicted molar refractivity (Wildman–Crippen MR) is 124 cm³/mol. The number of rotatable bonds is 7. The van der Waals surface area contributed by atoms with Gasteiger partial charge in [0.25, 0.3) is 11.8 Å². The smallest absolute Gasteiger partial charge is 0.269 e. The molecule has 0 atom stereocenters. The van der Waals surface area contributed by atoms with Crippen LogP contribution in [0.5, 0.6) is 5.75 Å². The number of nitrogens with two attached hydrogens (primary N) is 1. The summed E-state index contributed by atoms with van der Waals surface area (Å²) >= 11 is 0. The Balaban J connectivity index is 1.79. The molecule has 10 nitrogen and oxygen atoms in total. The molecule has 172 valence electrons. The van der Waals surface area contributed by atoms with Crippen LogP contribution in [0.15, 0.2) is 30.5 Å². The van der Waals surface area contributed by atoms with Crippen LogP contribution in [-0.2, 0) is 16.3 Å². The van der Waals surface area contributed by atoms with Crippen molar-refractivity contribution >= 4 is 43.9 Å². The largest absolute Gasteiger partial charge is 0.493 e. The first-order chi connectivity index (χ1) is 15.6. The number of nitrogens with zero attached hydrogens (tertiary/aromatic N) is 2. The minimum atomic E-state index is -3.22. The van der Waals surface area contributed by atoms with E-state index in [4.69, 9.17) is 10.5 Å². The summed E-state index contributed by atoms with van der Waals surface area (Å²) in [5, 5.41) is 6.34. The second-order valence-electron chi connectivity index (χ2n) is 7.79. The number of carbonyl (C=O) groups is 2. The molecular formula is C22H23N5O5S. The minimum absolute atomic E-state index is 0.0444. The molecule has 1 aliphatic rings. The van der Waals surface area contributed by atoms with Crippen LogP contribution in [0.1, 0.15) is 32.1 Å². The highest BCUT2D eigenvalue weighted by atomic mass is 32.2. The summed E-state index contributed by atoms with van der Waals surface area (Å²) in [4.78, 5) is 33.5. The molecule has 3 aromatic rings. The summed E-state index contributed by atoms with van der Waals surface area (Å²) in [6.45, 7) is 2.22. The fraction of sp³-hybridized carbons (Fsp3) is 0.273. The van der Waals surface area contributed by atoms with E-state index >= 15 is 0 Å². The van der Waals surface area contributed by atoms with Gasteiger partial charge in [-0.3, -0.25) is 14.6 Å². The summed E-state index contributed by atoms with van der Waals surface area (Å²) < 4.78 is 28.3. The Hall–Kier alpha value is -3.73. The predicted octanol–water partition coefficient (Wildman–Crippen LogP) is 1.49. The van der Waals surface area contributed by atoms with Crippen LogP contribution in [0.25, 0.3) is 10.9 Å². The molecule has 33 heavy (non-hydrogen) atoms. The molecule has 1 aromatic carbocycles. The zero-order chi connectivity index (χ0) is 23.8. The van der Waals surface area contributed by atoms with E-state index in [0.29, 0.717) is 35.3 Å². The van der Waals surface area contributed by atoms with Gasteiger partial charge in [0.15, 0.2) is 0 Å². The number of carbonyl (C=O) groups excluding carboxylic acids is 2. The van der Waals surface area contributed by atoms with E-state index in [0.717, 1.165) is 23.3 Å². The Bertz CT molecular complexity index is 1390. The Labute approximate surface area is 190 Å². The van der Waals surface area contributed by atoms with Crippen LogP contribution >= 0.6 is 0 Å². The average molecular weight is 470 g/mol. The second kappa shape index (κ2) is 8.66. The van der Waals surface area contributed by atoms with Crippen LogP contribution in [-0.4, -0.2) is 55.4 Å². The van der Waals surface area contributed by atoms with Crippen molar-refractivity contribution in [1.82, 2.24) is 15.3 Å². The molecular weight excluding hydrogens is 446 g/mol. The maximum atomic E-state index is 12.7. The van der Waals surface area contributed by atoms with Gasteiger partial charge in [-0.2, -0.15) is 0 Å². The Morgan fingerprint density at radius 2 is 2.06 bits per heavy atom. The summed E-state index contributed by atoms with van der Waals surface area (Å²) in [6.07, 6.45) is 3.19. The van der Waals surface area contributed by atoms with Gasteiger partial charge in [0, 0.05) is 42.1 Å². The zero-order valence-corrected chi connectivity index (χ0v) is 19.0. The first kappa shape index (κ1) is 22.5. The fourth-order valence-corrected chi connectivity index (χ4v) is 4.18. The van der Waals surface area contributed by atoms with E-state index in [1.54, 1.807) is 6.92 Å². The van der Waals surface area contributed by atoms with Crippen molar-refractivity contribution in [2.75, 3.05) is 30.5 Å². The van der Waals surface area contributed by atoms with Crippen LogP contribution in [0.3, 0.4) is 0 Å². The fourth-order valence-electron chi connectivity index (χ4n) is 3.71. The molecule has 0 unspecified atom stereocenters. The highest BCUT2D eigenvalue weighted by Crippen LogP contribution is 2.36. The topological polar surface area (TPSA) is 153 Å². The molecule has 0 aliphatic carbocycles. The first-order valence-corrected chi connectivity index (χ1v) is 12.3. The van der Waals surface area contributed by atoms with E-state index in [2.05, 4.69) is 20.6 Å². The van der Waals surface area contributed by atoms with E-state index < -0.39 is 21.7 Å². The number of amides is 2. The number of aryl methyl sites for hydroxylation is 1. The molecule has 0 spiro atoms. The van der Waals surface area contributed by atoms with Crippen molar-refractivity contribution < 1.29 is 22.7 Å². The molecule has 3 heterocycles. The number of primary amides is 1. The molecule has 0 bridgehead atoms. The third kappa shape index (κ3) is 4.72. The van der Waals surface area contributed by atoms with Gasteiger partial charge in [-0.1, -0.05) is 6.07 Å². The Morgan fingerprint density at radius 3 is 2.79 bits per heavy atom. The van der Waals surface area contributed by atoms with Gasteiger partial charge in [0.2, 0.25) is 0 Å². The third-order valence-electron chi connectivity index (χ3n) is 5.29. The van der Waals surface area contributed by atoms with Gasteiger partial charge >= 0.3 is 0 Å². The number of fused-ring (bicyclic) bond motifs is 2. The summed E-state index contributed by atoms with van der Waals surface area (Å²) in [5.41, 5.74) is 8.96. The molecule has 0 saturated carbocycles. The molecule has 11 heteroatoms. The lowest BCUT2D eigenvalue weighted by Gasteiger charge is -2.16. The van der Waals surface area contributed by atoms with E-state index in [1.165, 1.54) is 12.3 Å². The van der Waals surface area contributed by atoms with Crippen molar-refractivity contribution in [3.05, 3.63) is 53.0 Å². The molecule has 2 aromatic heterocycles. The lowest BCUT2D eigenvalue weighted by molar-refractivity contribution is 0.0950. The number of pyridine rings is 2. The maximum Gasteiger partial charge on any atom is 0.269 e. The van der Waals surface area contributed by atoms with E-state index in [-0.39, 0.29) is 23.6 Å². The van der Waals surface area contributed by atoms with Crippen molar-refractivity contribution in [2.45, 2.75) is 13.3 Å². The quantitative estimate of drug-likeness (QED) is 0.470. The lowest BCUT2D eigenvalue weighted by Crippen LogP contribution is -2.29. The second-order valence-corrected chi connectivity index (χ2v) is 10.1. The van der Waals surface area contributed by atoms with E-state index in [9.17, 15) is 18.0 Å². The van der Waals surface area contributed by atoms with Crippen LogP contribution < -0.4 is 21.1 Å². The average Bonchev–Trinajstić information content (AvgIpc) is 3.22. The van der Waals surface area contributed by atoms with Crippen molar-refractivity contribution in [3.8, 4) is 5.75 Å². The molecule has 1 aliphatic heterocycles. The summed E-state index contributed by atoms with van der Waals surface area (Å²) in [7, 11) is -3.22. The number of anilines is 2. The Morgan fingerprint density at radius 1 is 1.27 bits per heavy atom. The van der Waals surface area contributed by atoms with Gasteiger partial charge < -0.3 is 21.1 Å². The summed E-state index contributed by atoms with van der Waals surface area (Å²) in [5.74, 6) is -0.632. The molecule has 0 fully saturated rings. The number of nitrogens with one attached hydrogen (secondary N) is 2. The number of ether oxygens (including phenoxy) is 1. The van der Waals surface area contributed by atoms with Gasteiger partial charge in [-0.05, 0) is 25.1 Å². The lowest BCUT2D eigenvalue weighted by atomic mass is 10.1. The van der Waals surface area contributed by atoms with E-state index in [1.807, 2.05) is 18.2 Å². The normalized spacial score (nSPS) is 12.8. The van der Waals surface area contributed by atoms with Crippen molar-refractivity contribution in [3.63, 3.8) is 0 Å². The van der Waals surface area contributed by atoms with Crippen LogP contribution in [0, 0.1) is 6.92 Å². The maximum absolute atomic E-state index is 12.7. The molecule has 0 saturated heterocycles. The Kier molecular flexibility index (Phi) is 5.90. The molecule has 4 rings (SSSR count). The first-order valence-electron chi connectivity index (χ1n) is 10.2. The van der Waals surface area contributed by atoms with Gasteiger partial charge in [-0.15, -0.1) is 0 Å². The van der Waals surface area contributed by atoms with Gasteiger partial charge in [-0.25, -0.2) is 13.4 Å². The molecule has 4 N–H and O–H groups in total. The third-order valence-corrected chi connectivity index (χ3v) is 6.23. The van der Waals surface area contributed by atoms with Crippen molar-refractivity contribution in [1.29, 1.82) is 0 Å². The SMILES string of the molecule is Cc1nc(C(=O)NCCS(C)(=O)=O)cc2c(Nc3cccc4c3CCO4)c(C(N)=O)cnc12. The highest BCUT2D eigenvalue weighted by Gasteiger charge is 2.21. The number of aromatic nitrogens is 2. The molecule has 2 amide bonds. The monoisotopic (exact) mass is 469 g/mol. The zero-order valence-electron chi connectivity index (χ0n) is 18.1. The van der Waals surface area contributed by atoms with Gasteiger partial charge in [0.05, 0.1) is 34.8 Å². The van der Waals surface area contributed by atoms with Gasteiger partial charge in [0.1, 0.15) is 21.3 Å². The van der Waals surface area contributed by atoms with Crippen molar-refractivity contribution in [2.24, 2.45) is 5.73 Å². The molecule has 0 radical (unpaired) electrons. The number of hydrogen-bond acceptors (Lipinski definition) is 8. The highest BCUT2D eigenvalue weighted by molar-refractivity contribution is 7.90. The minimum Gasteiger partial charge on any atom is -0.493 e. The standard InChI is InChI=1S/C22H23N5O5S/c1-12-19-14(10-17(26-12)22(29)24-7-9-33(2,30)31)20(15(11-25-19)21(23)28)27-16-4-3-5-18-13(16)6-8-32-18/h3-5,10-11H,6-9H2,1-2H3,(H2,23,28)(H,24,29)(H,25,27). The summed E-state index contributed by atoms with van der Waals surface area (Å²) in [6, 6.07) is 7.10. The number of benzene rings is 1. The van der Waals surface area contributed by atoms with Crippen LogP contribution in [0.2, 0.25) is 0 Å². The van der Waals surface area contributed by atoms with Crippen LogP contribution in [0.4, 0.5) is 11.4 Å². The number of hydrogen-bond donors (Lipinski definition) is 3.